The predicted octanol–water partition coefficient (Wildman–Crippen LogP) is -0.194. The van der Waals surface area contributed by atoms with Crippen LogP contribution in [0.15, 0.2) is 36.5 Å². The molecular weight excluding hydrogens is 284 g/mol. The van der Waals surface area contributed by atoms with Gasteiger partial charge in [-0.2, -0.15) is 0 Å². The van der Waals surface area contributed by atoms with Gasteiger partial charge >= 0.3 is 0 Å². The number of rotatable bonds is 4. The van der Waals surface area contributed by atoms with Crippen LogP contribution >= 0.6 is 0 Å². The van der Waals surface area contributed by atoms with E-state index in [1.807, 2.05) is 41.2 Å². The Morgan fingerprint density at radius 1 is 1.18 bits per heavy atom. The van der Waals surface area contributed by atoms with Crippen LogP contribution in [0.1, 0.15) is 11.7 Å². The molecule has 22 heavy (non-hydrogen) atoms. The molecule has 3 heterocycles. The number of quaternary nitrogens is 1. The lowest BCUT2D eigenvalue weighted by Gasteiger charge is -2.14. The Balaban J connectivity index is 1.41. The van der Waals surface area contributed by atoms with Crippen molar-refractivity contribution in [2.24, 2.45) is 0 Å². The number of nitrogens with zero attached hydrogens (tertiary/aromatic N) is 3. The van der Waals surface area contributed by atoms with Gasteiger partial charge in [0.15, 0.2) is 0 Å². The van der Waals surface area contributed by atoms with E-state index < -0.39 is 0 Å². The molecule has 7 nitrogen and oxygen atoms in total. The third-order valence-corrected chi connectivity index (χ3v) is 4.16. The highest BCUT2D eigenvalue weighted by molar-refractivity contribution is 5.21. The Hall–Kier alpha value is -1.96. The minimum Gasteiger partial charge on any atom is -0.487 e. The summed E-state index contributed by atoms with van der Waals surface area (Å²) in [7, 11) is 0. The summed E-state index contributed by atoms with van der Waals surface area (Å²) >= 11 is 0. The highest BCUT2D eigenvalue weighted by Gasteiger charge is 2.49. The Bertz CT molecular complexity index is 633. The van der Waals surface area contributed by atoms with Gasteiger partial charge in [0.2, 0.25) is 0 Å². The molecule has 0 bridgehead atoms. The number of benzene rings is 1. The molecule has 3 N–H and O–H groups in total. The lowest BCUT2D eigenvalue weighted by Crippen LogP contribution is -2.66. The molecule has 2 fully saturated rings. The van der Waals surface area contributed by atoms with Crippen LogP contribution in [-0.2, 0) is 16.1 Å². The van der Waals surface area contributed by atoms with E-state index in [1.165, 1.54) is 0 Å². The average Bonchev–Trinajstić information content (AvgIpc) is 3.24. The van der Waals surface area contributed by atoms with E-state index in [9.17, 15) is 0 Å². The molecule has 116 valence electrons. The van der Waals surface area contributed by atoms with Gasteiger partial charge < -0.3 is 19.9 Å². The zero-order chi connectivity index (χ0) is 14.9. The van der Waals surface area contributed by atoms with Gasteiger partial charge in [0.1, 0.15) is 48.9 Å². The van der Waals surface area contributed by atoms with Crippen LogP contribution in [0.3, 0.4) is 0 Å². The predicted molar refractivity (Wildman–Crippen MR) is 76.0 cm³/mol. The van der Waals surface area contributed by atoms with E-state index >= 15 is 0 Å². The number of fused-ring (bicyclic) bond motifs is 1. The Morgan fingerprint density at radius 2 is 2.00 bits per heavy atom. The van der Waals surface area contributed by atoms with Crippen LogP contribution in [0.2, 0.25) is 0 Å². The Kier molecular flexibility index (Phi) is 3.53. The second kappa shape index (κ2) is 5.68. The maximum Gasteiger partial charge on any atom is 0.140 e. The molecule has 0 radical (unpaired) electrons. The van der Waals surface area contributed by atoms with Crippen LogP contribution in [0.5, 0.6) is 5.75 Å². The fourth-order valence-corrected chi connectivity index (χ4v) is 3.00. The summed E-state index contributed by atoms with van der Waals surface area (Å²) in [5.74, 6) is 0.820. The molecular formula is C15H19N4O3+. The molecule has 1 aromatic carbocycles. The number of hydrogen-bond acceptors (Lipinski definition) is 5. The Morgan fingerprint density at radius 3 is 2.86 bits per heavy atom. The van der Waals surface area contributed by atoms with Gasteiger partial charge in [-0.1, -0.05) is 23.4 Å². The monoisotopic (exact) mass is 303 g/mol. The molecule has 7 heteroatoms. The van der Waals surface area contributed by atoms with Crippen LogP contribution < -0.4 is 10.5 Å². The zero-order valence-electron chi connectivity index (χ0n) is 12.2. The molecule has 0 spiro atoms. The summed E-state index contributed by atoms with van der Waals surface area (Å²) in [6, 6.07) is 9.93. The smallest absolute Gasteiger partial charge is 0.140 e. The maximum atomic E-state index is 5.79. The van der Waals surface area contributed by atoms with Crippen LogP contribution in [0.25, 0.3) is 0 Å². The zero-order valence-corrected chi connectivity index (χ0v) is 12.2. The first-order valence-electron chi connectivity index (χ1n) is 7.46. The van der Waals surface area contributed by atoms with Crippen molar-refractivity contribution in [1.82, 2.24) is 15.0 Å². The van der Waals surface area contributed by atoms with Crippen molar-refractivity contribution < 1.29 is 19.9 Å². The highest BCUT2D eigenvalue weighted by Crippen LogP contribution is 2.32. The molecule has 2 saturated heterocycles. The van der Waals surface area contributed by atoms with Gasteiger partial charge in [-0.05, 0) is 12.1 Å². The first-order valence-corrected chi connectivity index (χ1v) is 7.46. The minimum absolute atomic E-state index is 0.0205. The molecule has 2 aliphatic rings. The van der Waals surface area contributed by atoms with E-state index in [2.05, 4.69) is 16.0 Å². The van der Waals surface area contributed by atoms with Crippen molar-refractivity contribution in [3.8, 4) is 5.75 Å². The van der Waals surface area contributed by atoms with Crippen molar-refractivity contribution in [3.63, 3.8) is 0 Å². The first kappa shape index (κ1) is 13.7. The SMILES string of the molecule is [NH3+][C@H]1CO[C@H]2[C@@H]1OC[C@@H]2n1cc(COc2ccccc2)nn1. The van der Waals surface area contributed by atoms with E-state index in [4.69, 9.17) is 14.2 Å². The summed E-state index contributed by atoms with van der Waals surface area (Å²) in [5, 5.41) is 8.37. The van der Waals surface area contributed by atoms with E-state index in [0.29, 0.717) is 19.8 Å². The Labute approximate surface area is 128 Å². The number of aromatic nitrogens is 3. The van der Waals surface area contributed by atoms with Gasteiger partial charge in [-0.15, -0.1) is 5.10 Å². The molecule has 0 saturated carbocycles. The number of para-hydroxylation sites is 1. The molecule has 2 aromatic rings. The topological polar surface area (TPSA) is 86.0 Å². The molecule has 4 atom stereocenters. The van der Waals surface area contributed by atoms with Gasteiger partial charge in [0.25, 0.3) is 0 Å². The third-order valence-electron chi connectivity index (χ3n) is 4.16. The molecule has 0 aliphatic carbocycles. The molecule has 2 aliphatic heterocycles. The van der Waals surface area contributed by atoms with Crippen molar-refractivity contribution in [2.75, 3.05) is 13.2 Å². The van der Waals surface area contributed by atoms with Gasteiger partial charge in [-0.3, -0.25) is 0 Å². The normalized spacial score (nSPS) is 30.4. The van der Waals surface area contributed by atoms with Crippen LogP contribution in [0.4, 0.5) is 0 Å². The molecule has 0 amide bonds. The second-order valence-electron chi connectivity index (χ2n) is 5.71. The highest BCUT2D eigenvalue weighted by atomic mass is 16.6. The second-order valence-corrected chi connectivity index (χ2v) is 5.71. The van der Waals surface area contributed by atoms with Crippen molar-refractivity contribution in [1.29, 1.82) is 0 Å². The standard InChI is InChI=1S/C15H18N4O3/c16-12-8-21-15-13(9-22-14(12)15)19-6-10(17-18-19)7-20-11-4-2-1-3-5-11/h1-6,12-15H,7-9,16H2/p+1/t12-,13-,14+,15+/m0/s1. The van der Waals surface area contributed by atoms with Gasteiger partial charge in [-0.25, -0.2) is 4.68 Å². The summed E-state index contributed by atoms with van der Waals surface area (Å²) in [4.78, 5) is 0. The van der Waals surface area contributed by atoms with Crippen LogP contribution in [0, 0.1) is 0 Å². The third kappa shape index (κ3) is 2.47. The van der Waals surface area contributed by atoms with Crippen LogP contribution in [-0.4, -0.2) is 46.5 Å². The summed E-state index contributed by atoms with van der Waals surface area (Å²) < 4.78 is 19.1. The maximum absolute atomic E-state index is 5.79. The number of ether oxygens (including phenoxy) is 3. The fourth-order valence-electron chi connectivity index (χ4n) is 3.00. The van der Waals surface area contributed by atoms with E-state index in [0.717, 1.165) is 11.4 Å². The largest absolute Gasteiger partial charge is 0.487 e. The van der Waals surface area contributed by atoms with Crippen molar-refractivity contribution in [2.45, 2.75) is 30.9 Å². The van der Waals surface area contributed by atoms with Crippen molar-refractivity contribution >= 4 is 0 Å². The van der Waals surface area contributed by atoms with Gasteiger partial charge in [0, 0.05) is 0 Å². The summed E-state index contributed by atoms with van der Waals surface area (Å²) in [5.41, 5.74) is 4.85. The average molecular weight is 303 g/mol. The molecule has 4 rings (SSSR count). The molecule has 0 unspecified atom stereocenters. The minimum atomic E-state index is 0.0205. The first-order chi connectivity index (χ1) is 10.8. The van der Waals surface area contributed by atoms with Gasteiger partial charge in [0.05, 0.1) is 12.8 Å². The lowest BCUT2D eigenvalue weighted by atomic mass is 10.1. The fraction of sp³-hybridized carbons (Fsp3) is 0.467. The lowest BCUT2D eigenvalue weighted by molar-refractivity contribution is -0.430. The number of hydrogen-bond donors (Lipinski definition) is 1. The quantitative estimate of drug-likeness (QED) is 0.846. The van der Waals surface area contributed by atoms with Crippen molar-refractivity contribution in [3.05, 3.63) is 42.2 Å². The van der Waals surface area contributed by atoms with E-state index in [1.54, 1.807) is 0 Å². The summed E-state index contributed by atoms with van der Waals surface area (Å²) in [6.45, 7) is 1.62. The summed E-state index contributed by atoms with van der Waals surface area (Å²) in [6.07, 6.45) is 1.99. The van der Waals surface area contributed by atoms with E-state index in [-0.39, 0.29) is 24.3 Å². The molecule has 1 aromatic heterocycles.